The van der Waals surface area contributed by atoms with Crippen LogP contribution in [0.2, 0.25) is 0 Å². The molecule has 1 unspecified atom stereocenters. The fraction of sp³-hybridized carbons (Fsp3) is 0.533. The van der Waals surface area contributed by atoms with E-state index in [4.69, 9.17) is 4.74 Å². The van der Waals surface area contributed by atoms with Gasteiger partial charge < -0.3 is 9.64 Å². The molecule has 1 fully saturated rings. The lowest BCUT2D eigenvalue weighted by Gasteiger charge is -2.26. The van der Waals surface area contributed by atoms with E-state index < -0.39 is 0 Å². The first-order chi connectivity index (χ1) is 9.08. The van der Waals surface area contributed by atoms with E-state index in [1.165, 1.54) is 5.56 Å². The summed E-state index contributed by atoms with van der Waals surface area (Å²) in [5, 5.41) is 0. The van der Waals surface area contributed by atoms with E-state index >= 15 is 0 Å². The van der Waals surface area contributed by atoms with Crippen LogP contribution in [0.25, 0.3) is 0 Å². The molecular formula is C15H20BrNO2. The zero-order chi connectivity index (χ0) is 13.8. The second-order valence-corrected chi connectivity index (χ2v) is 6.05. The number of hydrogen-bond acceptors (Lipinski definition) is 2. The molecule has 1 saturated heterocycles. The lowest BCUT2D eigenvalue weighted by molar-refractivity contribution is -0.138. The highest BCUT2D eigenvalue weighted by Crippen LogP contribution is 2.20. The lowest BCUT2D eigenvalue weighted by Crippen LogP contribution is -2.36. The number of amides is 1. The van der Waals surface area contributed by atoms with E-state index in [-0.39, 0.29) is 11.8 Å². The number of carbonyl (C=O) groups is 1. The van der Waals surface area contributed by atoms with Crippen molar-refractivity contribution in [1.29, 1.82) is 0 Å². The van der Waals surface area contributed by atoms with Gasteiger partial charge >= 0.3 is 0 Å². The molecular weight excluding hydrogens is 306 g/mol. The molecule has 0 N–H and O–H groups in total. The minimum Gasteiger partial charge on any atom is -0.381 e. The Balaban J connectivity index is 1.97. The SMILES string of the molecule is Cc1ccc(CN(C)C(=O)C2CCCOC2)cc1Br. The highest BCUT2D eigenvalue weighted by molar-refractivity contribution is 9.10. The van der Waals surface area contributed by atoms with Crippen LogP contribution >= 0.6 is 15.9 Å². The molecule has 0 aliphatic carbocycles. The van der Waals surface area contributed by atoms with E-state index in [1.807, 2.05) is 7.05 Å². The zero-order valence-corrected chi connectivity index (χ0v) is 13.1. The van der Waals surface area contributed by atoms with Crippen molar-refractivity contribution >= 4 is 21.8 Å². The van der Waals surface area contributed by atoms with Crippen molar-refractivity contribution in [1.82, 2.24) is 4.90 Å². The van der Waals surface area contributed by atoms with Crippen molar-refractivity contribution in [3.05, 3.63) is 33.8 Å². The van der Waals surface area contributed by atoms with Gasteiger partial charge in [-0.05, 0) is 37.0 Å². The zero-order valence-electron chi connectivity index (χ0n) is 11.5. The molecule has 4 heteroatoms. The highest BCUT2D eigenvalue weighted by atomic mass is 79.9. The molecule has 1 aromatic rings. The van der Waals surface area contributed by atoms with Crippen LogP contribution in [0.3, 0.4) is 0 Å². The number of rotatable bonds is 3. The van der Waals surface area contributed by atoms with Crippen molar-refractivity contribution in [3.8, 4) is 0 Å². The summed E-state index contributed by atoms with van der Waals surface area (Å²) in [6.07, 6.45) is 1.93. The van der Waals surface area contributed by atoms with Gasteiger partial charge in [0.15, 0.2) is 0 Å². The van der Waals surface area contributed by atoms with Crippen LogP contribution in [0.15, 0.2) is 22.7 Å². The third-order valence-corrected chi connectivity index (χ3v) is 4.40. The molecule has 1 aromatic carbocycles. The second-order valence-electron chi connectivity index (χ2n) is 5.19. The number of hydrogen-bond donors (Lipinski definition) is 0. The summed E-state index contributed by atoms with van der Waals surface area (Å²) in [6.45, 7) is 4.06. The topological polar surface area (TPSA) is 29.5 Å². The first-order valence-electron chi connectivity index (χ1n) is 6.65. The Bertz CT molecular complexity index is 455. The molecule has 19 heavy (non-hydrogen) atoms. The van der Waals surface area contributed by atoms with Gasteiger partial charge in [-0.15, -0.1) is 0 Å². The first kappa shape index (κ1) is 14.5. The molecule has 0 radical (unpaired) electrons. The third-order valence-electron chi connectivity index (χ3n) is 3.54. The minimum atomic E-state index is 0.0349. The molecule has 1 heterocycles. The van der Waals surface area contributed by atoms with Crippen LogP contribution in [0.1, 0.15) is 24.0 Å². The van der Waals surface area contributed by atoms with E-state index in [9.17, 15) is 4.79 Å². The van der Waals surface area contributed by atoms with Gasteiger partial charge in [-0.2, -0.15) is 0 Å². The molecule has 0 bridgehead atoms. The molecule has 3 nitrogen and oxygen atoms in total. The maximum absolute atomic E-state index is 12.3. The number of benzene rings is 1. The summed E-state index contributed by atoms with van der Waals surface area (Å²) in [4.78, 5) is 14.1. The fourth-order valence-electron chi connectivity index (χ4n) is 2.33. The summed E-state index contributed by atoms with van der Waals surface area (Å²) < 4.78 is 6.47. The van der Waals surface area contributed by atoms with Crippen LogP contribution < -0.4 is 0 Å². The van der Waals surface area contributed by atoms with Crippen molar-refractivity contribution in [2.75, 3.05) is 20.3 Å². The highest BCUT2D eigenvalue weighted by Gasteiger charge is 2.24. The van der Waals surface area contributed by atoms with Crippen molar-refractivity contribution < 1.29 is 9.53 Å². The quantitative estimate of drug-likeness (QED) is 0.854. The molecule has 1 aliphatic heterocycles. The summed E-state index contributed by atoms with van der Waals surface area (Å²) in [5.41, 5.74) is 2.35. The fourth-order valence-corrected chi connectivity index (χ4v) is 2.76. The maximum atomic E-state index is 12.3. The van der Waals surface area contributed by atoms with Crippen LogP contribution in [0, 0.1) is 12.8 Å². The molecule has 0 aromatic heterocycles. The Morgan fingerprint density at radius 2 is 2.32 bits per heavy atom. The van der Waals surface area contributed by atoms with Gasteiger partial charge in [-0.3, -0.25) is 4.79 Å². The van der Waals surface area contributed by atoms with Gasteiger partial charge in [0.1, 0.15) is 0 Å². The van der Waals surface area contributed by atoms with Crippen LogP contribution in [0.4, 0.5) is 0 Å². The van der Waals surface area contributed by atoms with Crippen molar-refractivity contribution in [2.45, 2.75) is 26.3 Å². The third kappa shape index (κ3) is 3.80. The number of halogens is 1. The van der Waals surface area contributed by atoms with Crippen LogP contribution in [0.5, 0.6) is 0 Å². The van der Waals surface area contributed by atoms with E-state index in [2.05, 4.69) is 41.1 Å². The summed E-state index contributed by atoms with van der Waals surface area (Å²) in [5.74, 6) is 0.226. The first-order valence-corrected chi connectivity index (χ1v) is 7.45. The largest absolute Gasteiger partial charge is 0.381 e. The summed E-state index contributed by atoms with van der Waals surface area (Å²) in [6, 6.07) is 6.22. The monoisotopic (exact) mass is 325 g/mol. The number of aryl methyl sites for hydroxylation is 1. The van der Waals surface area contributed by atoms with E-state index in [0.717, 1.165) is 29.5 Å². The molecule has 1 aliphatic rings. The lowest BCUT2D eigenvalue weighted by atomic mass is 10.0. The average Bonchev–Trinajstić information content (AvgIpc) is 2.43. The molecule has 104 valence electrons. The Kier molecular flexibility index (Phi) is 4.99. The predicted octanol–water partition coefficient (Wildman–Crippen LogP) is 3.14. The molecule has 0 spiro atoms. The van der Waals surface area contributed by atoms with Crippen LogP contribution in [-0.4, -0.2) is 31.1 Å². The standard InChI is InChI=1S/C15H20BrNO2/c1-11-5-6-12(8-14(11)16)9-17(2)15(18)13-4-3-7-19-10-13/h5-6,8,13H,3-4,7,9-10H2,1-2H3. The van der Waals surface area contributed by atoms with Crippen molar-refractivity contribution in [2.24, 2.45) is 5.92 Å². The second kappa shape index (κ2) is 6.53. The molecule has 2 rings (SSSR count). The Morgan fingerprint density at radius 3 is 2.95 bits per heavy atom. The molecule has 1 atom stereocenters. The Morgan fingerprint density at radius 1 is 1.53 bits per heavy atom. The number of carbonyl (C=O) groups excluding carboxylic acids is 1. The van der Waals surface area contributed by atoms with Gasteiger partial charge in [0.2, 0.25) is 5.91 Å². The van der Waals surface area contributed by atoms with Gasteiger partial charge in [-0.1, -0.05) is 28.1 Å². The molecule has 0 saturated carbocycles. The predicted molar refractivity (Wildman–Crippen MR) is 78.9 cm³/mol. The van der Waals surface area contributed by atoms with Crippen LogP contribution in [-0.2, 0) is 16.1 Å². The molecule has 1 amide bonds. The Hall–Kier alpha value is -0.870. The minimum absolute atomic E-state index is 0.0349. The number of ether oxygens (including phenoxy) is 1. The van der Waals surface area contributed by atoms with Gasteiger partial charge in [-0.25, -0.2) is 0 Å². The van der Waals surface area contributed by atoms with Gasteiger partial charge in [0.05, 0.1) is 12.5 Å². The number of nitrogens with zero attached hydrogens (tertiary/aromatic N) is 1. The summed E-state index contributed by atoms with van der Waals surface area (Å²) >= 11 is 3.53. The maximum Gasteiger partial charge on any atom is 0.228 e. The van der Waals surface area contributed by atoms with Crippen molar-refractivity contribution in [3.63, 3.8) is 0 Å². The normalized spacial score (nSPS) is 19.2. The van der Waals surface area contributed by atoms with Gasteiger partial charge in [0, 0.05) is 24.7 Å². The van der Waals surface area contributed by atoms with E-state index in [1.54, 1.807) is 4.90 Å². The summed E-state index contributed by atoms with van der Waals surface area (Å²) in [7, 11) is 1.87. The average molecular weight is 326 g/mol. The Labute approximate surface area is 123 Å². The smallest absolute Gasteiger partial charge is 0.228 e. The van der Waals surface area contributed by atoms with Gasteiger partial charge in [0.25, 0.3) is 0 Å². The van der Waals surface area contributed by atoms with E-state index in [0.29, 0.717) is 13.2 Å².